The van der Waals surface area contributed by atoms with E-state index < -0.39 is 11.4 Å². The second-order valence-corrected chi connectivity index (χ2v) is 3.87. The molecular formula is C11H8ClFN2O2. The number of halogens is 2. The summed E-state index contributed by atoms with van der Waals surface area (Å²) in [5.74, 6) is -0.526. The van der Waals surface area contributed by atoms with E-state index >= 15 is 0 Å². The molecule has 17 heavy (non-hydrogen) atoms. The van der Waals surface area contributed by atoms with E-state index in [4.69, 9.17) is 16.7 Å². The number of aromatic hydroxyl groups is 1. The van der Waals surface area contributed by atoms with Crippen LogP contribution >= 0.6 is 11.6 Å². The smallest absolute Gasteiger partial charge is 0.254 e. The molecule has 2 N–H and O–H groups in total. The average Bonchev–Trinajstić information content (AvgIpc) is 2.21. The van der Waals surface area contributed by atoms with Crippen molar-refractivity contribution in [2.75, 3.05) is 0 Å². The van der Waals surface area contributed by atoms with Gasteiger partial charge in [-0.2, -0.15) is 4.98 Å². The van der Waals surface area contributed by atoms with Gasteiger partial charge in [0.1, 0.15) is 11.6 Å². The van der Waals surface area contributed by atoms with Crippen LogP contribution in [0.25, 0.3) is 0 Å². The minimum Gasteiger partial charge on any atom is -0.493 e. The number of H-pyrrole nitrogens is 1. The third kappa shape index (κ3) is 2.82. The Labute approximate surface area is 101 Å². The molecular weight excluding hydrogens is 247 g/mol. The molecule has 1 aromatic heterocycles. The summed E-state index contributed by atoms with van der Waals surface area (Å²) in [7, 11) is 0. The van der Waals surface area contributed by atoms with Crippen LogP contribution < -0.4 is 5.56 Å². The maximum atomic E-state index is 12.8. The molecule has 0 spiro atoms. The molecule has 4 nitrogen and oxygen atoms in total. The van der Waals surface area contributed by atoms with Crippen LogP contribution in [0.2, 0.25) is 5.02 Å². The monoisotopic (exact) mass is 254 g/mol. The van der Waals surface area contributed by atoms with E-state index in [0.29, 0.717) is 5.56 Å². The van der Waals surface area contributed by atoms with Crippen molar-refractivity contribution < 1.29 is 9.50 Å². The fraction of sp³-hybridized carbons (Fsp3) is 0.0909. The van der Waals surface area contributed by atoms with Gasteiger partial charge in [0.05, 0.1) is 6.07 Å². The van der Waals surface area contributed by atoms with E-state index in [-0.39, 0.29) is 23.1 Å². The molecule has 6 heteroatoms. The lowest BCUT2D eigenvalue weighted by Gasteiger charge is -2.04. The van der Waals surface area contributed by atoms with Gasteiger partial charge in [-0.05, 0) is 17.7 Å². The molecule has 2 rings (SSSR count). The molecule has 0 aliphatic carbocycles. The number of rotatable bonds is 2. The van der Waals surface area contributed by atoms with E-state index in [2.05, 4.69) is 9.97 Å². The lowest BCUT2D eigenvalue weighted by Crippen LogP contribution is -2.10. The highest BCUT2D eigenvalue weighted by Crippen LogP contribution is 2.19. The first-order chi connectivity index (χ1) is 8.04. The molecule has 1 aromatic carbocycles. The summed E-state index contributed by atoms with van der Waals surface area (Å²) in [6.45, 7) is 0. The van der Waals surface area contributed by atoms with Gasteiger partial charge in [0, 0.05) is 11.4 Å². The first kappa shape index (κ1) is 11.6. The average molecular weight is 255 g/mol. The molecule has 0 saturated heterocycles. The highest BCUT2D eigenvalue weighted by Gasteiger charge is 2.06. The van der Waals surface area contributed by atoms with Gasteiger partial charge in [-0.25, -0.2) is 4.39 Å². The van der Waals surface area contributed by atoms with Crippen molar-refractivity contribution in [3.63, 3.8) is 0 Å². The highest BCUT2D eigenvalue weighted by molar-refractivity contribution is 6.31. The van der Waals surface area contributed by atoms with Crippen LogP contribution in [0, 0.1) is 5.82 Å². The SMILES string of the molecule is O=c1cc(O)nc(Cc2ccc(F)cc2Cl)[nH]1. The Morgan fingerprint density at radius 3 is 2.82 bits per heavy atom. The Morgan fingerprint density at radius 1 is 1.41 bits per heavy atom. The van der Waals surface area contributed by atoms with Gasteiger partial charge < -0.3 is 10.1 Å². The van der Waals surface area contributed by atoms with Crippen LogP contribution in [-0.2, 0) is 6.42 Å². The number of nitrogens with one attached hydrogen (secondary N) is 1. The van der Waals surface area contributed by atoms with Crippen LogP contribution in [0.3, 0.4) is 0 Å². The van der Waals surface area contributed by atoms with E-state index in [9.17, 15) is 9.18 Å². The molecule has 0 atom stereocenters. The summed E-state index contributed by atoms with van der Waals surface area (Å²) in [4.78, 5) is 17.3. The Balaban J connectivity index is 2.34. The van der Waals surface area contributed by atoms with E-state index in [1.807, 2.05) is 0 Å². The highest BCUT2D eigenvalue weighted by atomic mass is 35.5. The molecule has 0 bridgehead atoms. The minimum absolute atomic E-state index is 0.211. The summed E-state index contributed by atoms with van der Waals surface area (Å²) >= 11 is 5.84. The van der Waals surface area contributed by atoms with Crippen molar-refractivity contribution in [3.05, 3.63) is 56.8 Å². The fourth-order valence-corrected chi connectivity index (χ4v) is 1.66. The maximum absolute atomic E-state index is 12.8. The maximum Gasteiger partial charge on any atom is 0.254 e. The normalized spacial score (nSPS) is 10.5. The molecule has 88 valence electrons. The first-order valence-corrected chi connectivity index (χ1v) is 5.15. The van der Waals surface area contributed by atoms with Gasteiger partial charge >= 0.3 is 0 Å². The first-order valence-electron chi connectivity index (χ1n) is 4.78. The van der Waals surface area contributed by atoms with E-state index in [1.165, 1.54) is 18.2 Å². The van der Waals surface area contributed by atoms with Crippen molar-refractivity contribution >= 4 is 11.6 Å². The van der Waals surface area contributed by atoms with Crippen LogP contribution in [-0.4, -0.2) is 15.1 Å². The van der Waals surface area contributed by atoms with Gasteiger partial charge in [-0.1, -0.05) is 17.7 Å². The van der Waals surface area contributed by atoms with Gasteiger partial charge in [0.2, 0.25) is 5.88 Å². The molecule has 0 amide bonds. The van der Waals surface area contributed by atoms with Gasteiger partial charge in [0.25, 0.3) is 5.56 Å². The molecule has 0 saturated carbocycles. The number of nitrogens with zero attached hydrogens (tertiary/aromatic N) is 1. The summed E-state index contributed by atoms with van der Waals surface area (Å²) < 4.78 is 12.8. The Bertz CT molecular complexity index is 613. The Kier molecular flexibility index (Phi) is 3.10. The second kappa shape index (κ2) is 4.55. The van der Waals surface area contributed by atoms with Crippen LogP contribution in [0.1, 0.15) is 11.4 Å². The van der Waals surface area contributed by atoms with E-state index in [0.717, 1.165) is 6.07 Å². The predicted octanol–water partition coefficient (Wildman–Crippen LogP) is 1.86. The zero-order chi connectivity index (χ0) is 12.4. The zero-order valence-electron chi connectivity index (χ0n) is 8.58. The summed E-state index contributed by atoms with van der Waals surface area (Å²) in [6, 6.07) is 4.91. The Morgan fingerprint density at radius 2 is 2.18 bits per heavy atom. The summed E-state index contributed by atoms with van der Waals surface area (Å²) in [6.07, 6.45) is 0.211. The largest absolute Gasteiger partial charge is 0.493 e. The van der Waals surface area contributed by atoms with Crippen LogP contribution in [0.15, 0.2) is 29.1 Å². The zero-order valence-corrected chi connectivity index (χ0v) is 9.33. The molecule has 0 aliphatic heterocycles. The number of aromatic amines is 1. The number of benzene rings is 1. The van der Waals surface area contributed by atoms with Gasteiger partial charge in [-0.15, -0.1) is 0 Å². The van der Waals surface area contributed by atoms with E-state index in [1.54, 1.807) is 0 Å². The third-order valence-electron chi connectivity index (χ3n) is 2.15. The lowest BCUT2D eigenvalue weighted by atomic mass is 10.1. The standard InChI is InChI=1S/C11H8ClFN2O2/c12-8-4-7(13)2-1-6(8)3-9-14-10(16)5-11(17)15-9/h1-2,4-5H,3H2,(H2,14,15,16,17). The lowest BCUT2D eigenvalue weighted by molar-refractivity contribution is 0.448. The van der Waals surface area contributed by atoms with Crippen molar-refractivity contribution in [1.29, 1.82) is 0 Å². The minimum atomic E-state index is -0.453. The summed E-state index contributed by atoms with van der Waals surface area (Å²) in [5.41, 5.74) is 0.160. The molecule has 0 radical (unpaired) electrons. The number of aromatic nitrogens is 2. The molecule has 1 heterocycles. The Hall–Kier alpha value is -1.88. The number of hydrogen-bond acceptors (Lipinski definition) is 3. The van der Waals surface area contributed by atoms with Crippen molar-refractivity contribution in [2.45, 2.75) is 6.42 Å². The van der Waals surface area contributed by atoms with Crippen molar-refractivity contribution in [2.24, 2.45) is 0 Å². The van der Waals surface area contributed by atoms with Crippen molar-refractivity contribution in [1.82, 2.24) is 9.97 Å². The van der Waals surface area contributed by atoms with Crippen LogP contribution in [0.5, 0.6) is 5.88 Å². The van der Waals surface area contributed by atoms with Gasteiger partial charge in [-0.3, -0.25) is 4.79 Å². The number of hydrogen-bond donors (Lipinski definition) is 2. The van der Waals surface area contributed by atoms with Gasteiger partial charge in [0.15, 0.2) is 0 Å². The summed E-state index contributed by atoms with van der Waals surface area (Å²) in [5, 5.41) is 9.41. The van der Waals surface area contributed by atoms with Crippen LogP contribution in [0.4, 0.5) is 4.39 Å². The molecule has 2 aromatic rings. The quantitative estimate of drug-likeness (QED) is 0.860. The molecule has 0 unspecified atom stereocenters. The molecule has 0 aliphatic rings. The fourth-order valence-electron chi connectivity index (χ4n) is 1.42. The third-order valence-corrected chi connectivity index (χ3v) is 2.50. The topological polar surface area (TPSA) is 66.0 Å². The van der Waals surface area contributed by atoms with Crippen molar-refractivity contribution in [3.8, 4) is 5.88 Å². The second-order valence-electron chi connectivity index (χ2n) is 3.46. The predicted molar refractivity (Wildman–Crippen MR) is 60.7 cm³/mol. The molecule has 0 fully saturated rings.